The molecule has 1 aliphatic heterocycles. The molecule has 0 amide bonds. The molecule has 1 aromatic heterocycles. The largest absolute Gasteiger partial charge is 0.492 e. The van der Waals surface area contributed by atoms with E-state index in [4.69, 9.17) is 9.47 Å². The van der Waals surface area contributed by atoms with Crippen LogP contribution in [0.5, 0.6) is 5.75 Å². The Morgan fingerprint density at radius 2 is 1.86 bits per heavy atom. The normalized spacial score (nSPS) is 15.6. The third kappa shape index (κ3) is 5.26. The Hall–Kier alpha value is -1.99. The number of ether oxygens (including phenoxy) is 2. The topological polar surface area (TPSA) is 69.9 Å². The van der Waals surface area contributed by atoms with Gasteiger partial charge in [-0.05, 0) is 96.6 Å². The van der Waals surface area contributed by atoms with E-state index in [1.165, 1.54) is 11.3 Å². The number of carbonyl (C=O) groups excluding carboxylic acids is 1. The molecule has 0 N–H and O–H groups in total. The number of carbonyl (C=O) groups is 1. The zero-order valence-electron chi connectivity index (χ0n) is 19.7. The Labute approximate surface area is 234 Å². The van der Waals surface area contributed by atoms with Crippen LogP contribution < -0.4 is 19.6 Å². The molecule has 0 saturated carbocycles. The summed E-state index contributed by atoms with van der Waals surface area (Å²) in [5.41, 5.74) is 3.50. The van der Waals surface area contributed by atoms with Gasteiger partial charge in [0, 0.05) is 9.13 Å². The van der Waals surface area contributed by atoms with Crippen molar-refractivity contribution in [2.45, 2.75) is 33.7 Å². The van der Waals surface area contributed by atoms with Crippen LogP contribution in [0.2, 0.25) is 0 Å². The number of esters is 1. The van der Waals surface area contributed by atoms with Gasteiger partial charge in [0.25, 0.3) is 5.56 Å². The summed E-state index contributed by atoms with van der Waals surface area (Å²) in [6, 6.07) is 11.3. The van der Waals surface area contributed by atoms with Crippen molar-refractivity contribution in [2.24, 2.45) is 4.99 Å². The summed E-state index contributed by atoms with van der Waals surface area (Å²) in [6.45, 7) is 8.26. The van der Waals surface area contributed by atoms with Gasteiger partial charge in [0.1, 0.15) is 5.75 Å². The van der Waals surface area contributed by atoms with E-state index >= 15 is 0 Å². The van der Waals surface area contributed by atoms with E-state index in [2.05, 4.69) is 50.2 Å². The molecule has 6 nitrogen and oxygen atoms in total. The van der Waals surface area contributed by atoms with Crippen LogP contribution in [0.4, 0.5) is 0 Å². The lowest BCUT2D eigenvalue weighted by Gasteiger charge is -2.24. The van der Waals surface area contributed by atoms with Gasteiger partial charge < -0.3 is 9.47 Å². The van der Waals surface area contributed by atoms with E-state index in [1.807, 2.05) is 56.3 Å². The minimum Gasteiger partial charge on any atom is -0.492 e. The summed E-state index contributed by atoms with van der Waals surface area (Å²) < 4.78 is 15.4. The van der Waals surface area contributed by atoms with Gasteiger partial charge >= 0.3 is 5.97 Å². The van der Waals surface area contributed by atoms with E-state index < -0.39 is 12.0 Å². The van der Waals surface area contributed by atoms with Gasteiger partial charge in [0.2, 0.25) is 0 Å². The summed E-state index contributed by atoms with van der Waals surface area (Å²) in [5.74, 6) is 0.289. The molecular formula is C26H24I2N2O4S. The smallest absolute Gasteiger partial charge is 0.338 e. The Kier molecular flexibility index (Phi) is 8.16. The number of hydrogen-bond donors (Lipinski definition) is 0. The SMILES string of the molecule is CCOC(=O)C1=C(C)N=c2s/c(=C\c3cc(I)cc(I)c3OCC)c(=O)n2[C@@H]1c1ccc(C)cc1. The second-order valence-corrected chi connectivity index (χ2v) is 11.4. The number of allylic oxidation sites excluding steroid dienone is 1. The first kappa shape index (κ1) is 26.1. The summed E-state index contributed by atoms with van der Waals surface area (Å²) in [4.78, 5) is 32.0. The molecule has 2 heterocycles. The number of rotatable bonds is 6. The predicted octanol–water partition coefficient (Wildman–Crippen LogP) is 4.71. The molecule has 0 radical (unpaired) electrons. The molecule has 35 heavy (non-hydrogen) atoms. The number of fused-ring (bicyclic) bond motifs is 1. The van der Waals surface area contributed by atoms with E-state index in [1.54, 1.807) is 18.4 Å². The highest BCUT2D eigenvalue weighted by molar-refractivity contribution is 14.1. The zero-order chi connectivity index (χ0) is 25.3. The molecular weight excluding hydrogens is 690 g/mol. The van der Waals surface area contributed by atoms with Crippen LogP contribution in [0.1, 0.15) is 43.5 Å². The lowest BCUT2D eigenvalue weighted by molar-refractivity contribution is -0.139. The van der Waals surface area contributed by atoms with Crippen LogP contribution in [0, 0.1) is 14.1 Å². The Balaban J connectivity index is 1.97. The van der Waals surface area contributed by atoms with Crippen molar-refractivity contribution in [1.82, 2.24) is 4.57 Å². The second-order valence-electron chi connectivity index (χ2n) is 7.95. The van der Waals surface area contributed by atoms with Gasteiger partial charge in [0.05, 0.1) is 38.6 Å². The molecule has 3 aromatic rings. The van der Waals surface area contributed by atoms with Crippen LogP contribution in [0.3, 0.4) is 0 Å². The van der Waals surface area contributed by atoms with Gasteiger partial charge in [-0.25, -0.2) is 9.79 Å². The van der Waals surface area contributed by atoms with E-state index in [-0.39, 0.29) is 12.2 Å². The summed E-state index contributed by atoms with van der Waals surface area (Å²) in [7, 11) is 0. The maximum absolute atomic E-state index is 13.8. The van der Waals surface area contributed by atoms with Crippen LogP contribution in [-0.4, -0.2) is 23.8 Å². The fourth-order valence-electron chi connectivity index (χ4n) is 3.98. The quantitative estimate of drug-likeness (QED) is 0.274. The van der Waals surface area contributed by atoms with Crippen LogP contribution in [0.25, 0.3) is 6.08 Å². The first-order valence-corrected chi connectivity index (χ1v) is 14.1. The average molecular weight is 714 g/mol. The molecule has 0 fully saturated rings. The number of aromatic nitrogens is 1. The number of thiazole rings is 1. The lowest BCUT2D eigenvalue weighted by Crippen LogP contribution is -2.39. The highest BCUT2D eigenvalue weighted by Gasteiger charge is 2.33. The molecule has 9 heteroatoms. The predicted molar refractivity (Wildman–Crippen MR) is 155 cm³/mol. The van der Waals surface area contributed by atoms with E-state index in [0.717, 1.165) is 29.6 Å². The van der Waals surface area contributed by atoms with Gasteiger partial charge in [0.15, 0.2) is 4.80 Å². The third-order valence-electron chi connectivity index (χ3n) is 5.52. The number of aryl methyl sites for hydroxylation is 1. The second kappa shape index (κ2) is 11.0. The van der Waals surface area contributed by atoms with E-state index in [0.29, 0.717) is 27.2 Å². The maximum Gasteiger partial charge on any atom is 0.338 e. The van der Waals surface area contributed by atoms with Gasteiger partial charge in [-0.3, -0.25) is 9.36 Å². The fraction of sp³-hybridized carbons (Fsp3) is 0.269. The molecule has 1 aliphatic rings. The molecule has 0 saturated heterocycles. The van der Waals surface area contributed by atoms with E-state index in [9.17, 15) is 9.59 Å². The standard InChI is InChI=1S/C26H24I2N2O4S/c1-5-33-23-17(11-18(27)13-19(23)28)12-20-24(31)30-22(16-9-7-14(3)8-10-16)21(25(32)34-6-2)15(4)29-26(30)35-20/h7-13,22H,5-6H2,1-4H3/b20-12-/t22-/m1/s1. The molecule has 0 aliphatic carbocycles. The fourth-order valence-corrected chi connectivity index (χ4v) is 7.06. The summed E-state index contributed by atoms with van der Waals surface area (Å²) >= 11 is 5.82. The van der Waals surface area contributed by atoms with Crippen molar-refractivity contribution in [2.75, 3.05) is 13.2 Å². The molecule has 4 rings (SSSR count). The van der Waals surface area contributed by atoms with Gasteiger partial charge in [-0.15, -0.1) is 0 Å². The van der Waals surface area contributed by atoms with Crippen molar-refractivity contribution in [3.8, 4) is 5.75 Å². The van der Waals surface area contributed by atoms with Crippen molar-refractivity contribution in [3.05, 3.63) is 91.2 Å². The Morgan fingerprint density at radius 1 is 1.14 bits per heavy atom. The Morgan fingerprint density at radius 3 is 2.51 bits per heavy atom. The van der Waals surface area contributed by atoms with Gasteiger partial charge in [-0.1, -0.05) is 41.2 Å². The van der Waals surface area contributed by atoms with Crippen molar-refractivity contribution >= 4 is 68.6 Å². The minimum atomic E-state index is -0.615. The highest BCUT2D eigenvalue weighted by Crippen LogP contribution is 2.31. The number of benzene rings is 2. The molecule has 0 spiro atoms. The number of nitrogens with zero attached hydrogens (tertiary/aromatic N) is 2. The molecule has 0 bridgehead atoms. The molecule has 0 unspecified atom stereocenters. The molecule has 182 valence electrons. The highest BCUT2D eigenvalue weighted by atomic mass is 127. The lowest BCUT2D eigenvalue weighted by atomic mass is 9.95. The van der Waals surface area contributed by atoms with Crippen molar-refractivity contribution in [3.63, 3.8) is 0 Å². The summed E-state index contributed by atoms with van der Waals surface area (Å²) in [5, 5.41) is 0. The van der Waals surface area contributed by atoms with Crippen LogP contribution in [0.15, 0.2) is 57.5 Å². The Bertz CT molecular complexity index is 1500. The van der Waals surface area contributed by atoms with Crippen LogP contribution in [-0.2, 0) is 9.53 Å². The average Bonchev–Trinajstić information content (AvgIpc) is 3.10. The minimum absolute atomic E-state index is 0.204. The molecule has 1 atom stereocenters. The monoisotopic (exact) mass is 714 g/mol. The third-order valence-corrected chi connectivity index (χ3v) is 7.93. The number of halogens is 2. The summed E-state index contributed by atoms with van der Waals surface area (Å²) in [6.07, 6.45) is 1.86. The number of hydrogen-bond acceptors (Lipinski definition) is 6. The first-order chi connectivity index (χ1) is 16.7. The maximum atomic E-state index is 13.8. The first-order valence-electron chi connectivity index (χ1n) is 11.1. The van der Waals surface area contributed by atoms with Crippen molar-refractivity contribution < 1.29 is 14.3 Å². The molecule has 2 aromatic carbocycles. The van der Waals surface area contributed by atoms with Gasteiger partial charge in [-0.2, -0.15) is 0 Å². The van der Waals surface area contributed by atoms with Crippen LogP contribution >= 0.6 is 56.5 Å². The van der Waals surface area contributed by atoms with Crippen molar-refractivity contribution in [1.29, 1.82) is 0 Å². The zero-order valence-corrected chi connectivity index (χ0v) is 24.9.